The lowest BCUT2D eigenvalue weighted by Gasteiger charge is -2.20. The lowest BCUT2D eigenvalue weighted by atomic mass is 10.1. The standard InChI is InChI=1S/C19H27NO5/c1-4-9-16(21)17(10-5-2)25-19(23)20-15(18(22)24-3)13-14-11-7-6-8-12-14/h6-8,11-12,15,17H,4-5,9-10,13H2,1-3H3,(H,20,23)/t15-,17-/m0/s1. The molecule has 0 spiro atoms. The van der Waals surface area contributed by atoms with E-state index in [1.807, 2.05) is 44.2 Å². The number of ketones is 1. The van der Waals surface area contributed by atoms with Crippen molar-refractivity contribution in [1.29, 1.82) is 0 Å². The highest BCUT2D eigenvalue weighted by molar-refractivity contribution is 5.86. The molecule has 6 heteroatoms. The molecule has 1 amide bonds. The van der Waals surface area contributed by atoms with E-state index in [1.165, 1.54) is 7.11 Å². The van der Waals surface area contributed by atoms with Gasteiger partial charge in [0.15, 0.2) is 11.9 Å². The number of Topliss-reactive ketones (excluding diaryl/α,β-unsaturated/α-hetero) is 1. The summed E-state index contributed by atoms with van der Waals surface area (Å²) in [7, 11) is 1.26. The molecular formula is C19H27NO5. The summed E-state index contributed by atoms with van der Waals surface area (Å²) in [4.78, 5) is 36.1. The first-order valence-corrected chi connectivity index (χ1v) is 8.63. The summed E-state index contributed by atoms with van der Waals surface area (Å²) in [5.41, 5.74) is 0.880. The Labute approximate surface area is 148 Å². The second-order valence-corrected chi connectivity index (χ2v) is 5.81. The Kier molecular flexibility index (Phi) is 9.29. The Morgan fingerprint density at radius 1 is 1.08 bits per heavy atom. The number of methoxy groups -OCH3 is 1. The van der Waals surface area contributed by atoms with Gasteiger partial charge in [-0.15, -0.1) is 0 Å². The van der Waals surface area contributed by atoms with Crippen molar-refractivity contribution in [2.45, 2.75) is 58.1 Å². The molecule has 0 aliphatic heterocycles. The van der Waals surface area contributed by atoms with Crippen molar-refractivity contribution in [1.82, 2.24) is 5.32 Å². The third-order valence-electron chi connectivity index (χ3n) is 3.72. The third kappa shape index (κ3) is 7.37. The van der Waals surface area contributed by atoms with Crippen molar-refractivity contribution in [3.05, 3.63) is 35.9 Å². The number of nitrogens with one attached hydrogen (secondary N) is 1. The molecule has 1 aromatic carbocycles. The number of esters is 1. The molecule has 0 fully saturated rings. The molecule has 138 valence electrons. The average molecular weight is 349 g/mol. The van der Waals surface area contributed by atoms with Crippen LogP contribution in [-0.4, -0.2) is 37.1 Å². The van der Waals surface area contributed by atoms with Gasteiger partial charge in [0, 0.05) is 12.8 Å². The molecule has 1 aromatic rings. The maximum atomic E-state index is 12.2. The number of hydrogen-bond acceptors (Lipinski definition) is 5. The van der Waals surface area contributed by atoms with Crippen LogP contribution in [0.5, 0.6) is 0 Å². The highest BCUT2D eigenvalue weighted by atomic mass is 16.6. The molecule has 6 nitrogen and oxygen atoms in total. The van der Waals surface area contributed by atoms with Gasteiger partial charge in [-0.2, -0.15) is 0 Å². The predicted octanol–water partition coefficient (Wildman–Crippen LogP) is 3.03. The van der Waals surface area contributed by atoms with Gasteiger partial charge in [0.05, 0.1) is 7.11 Å². The van der Waals surface area contributed by atoms with Crippen molar-refractivity contribution >= 4 is 17.8 Å². The van der Waals surface area contributed by atoms with E-state index in [9.17, 15) is 14.4 Å². The zero-order valence-corrected chi connectivity index (χ0v) is 15.1. The summed E-state index contributed by atoms with van der Waals surface area (Å²) >= 11 is 0. The monoisotopic (exact) mass is 349 g/mol. The largest absolute Gasteiger partial charge is 0.467 e. The molecule has 0 bridgehead atoms. The Morgan fingerprint density at radius 3 is 2.32 bits per heavy atom. The SMILES string of the molecule is CCCC(=O)[C@H](CCC)OC(=O)N[C@@H](Cc1ccccc1)C(=O)OC. The molecule has 0 unspecified atom stereocenters. The zero-order chi connectivity index (χ0) is 18.7. The highest BCUT2D eigenvalue weighted by Crippen LogP contribution is 2.09. The van der Waals surface area contributed by atoms with E-state index >= 15 is 0 Å². The molecular weight excluding hydrogens is 322 g/mol. The molecule has 0 radical (unpaired) electrons. The lowest BCUT2D eigenvalue weighted by molar-refractivity contribution is -0.143. The van der Waals surface area contributed by atoms with Crippen LogP contribution in [0.25, 0.3) is 0 Å². The minimum atomic E-state index is -0.872. The average Bonchev–Trinajstić information content (AvgIpc) is 2.61. The van der Waals surface area contributed by atoms with Gasteiger partial charge in [-0.3, -0.25) is 4.79 Å². The summed E-state index contributed by atoms with van der Waals surface area (Å²) in [5.74, 6) is -0.662. The topological polar surface area (TPSA) is 81.7 Å². The number of ether oxygens (including phenoxy) is 2. The second kappa shape index (κ2) is 11.2. The van der Waals surface area contributed by atoms with Crippen LogP contribution >= 0.6 is 0 Å². The van der Waals surface area contributed by atoms with Crippen molar-refractivity contribution in [2.75, 3.05) is 7.11 Å². The number of hydrogen-bond donors (Lipinski definition) is 1. The van der Waals surface area contributed by atoms with Gasteiger partial charge < -0.3 is 14.8 Å². The van der Waals surface area contributed by atoms with Crippen LogP contribution in [0.2, 0.25) is 0 Å². The summed E-state index contributed by atoms with van der Waals surface area (Å²) in [6.07, 6.45) is 0.968. The van der Waals surface area contributed by atoms with E-state index in [-0.39, 0.29) is 12.2 Å². The third-order valence-corrected chi connectivity index (χ3v) is 3.72. The fraction of sp³-hybridized carbons (Fsp3) is 0.526. The summed E-state index contributed by atoms with van der Waals surface area (Å²) in [6, 6.07) is 8.41. The van der Waals surface area contributed by atoms with Gasteiger partial charge in [0.2, 0.25) is 0 Å². The summed E-state index contributed by atoms with van der Waals surface area (Å²) in [6.45, 7) is 3.81. The first-order chi connectivity index (χ1) is 12.0. The summed E-state index contributed by atoms with van der Waals surface area (Å²) < 4.78 is 10.0. The predicted molar refractivity (Wildman–Crippen MR) is 94.2 cm³/mol. The maximum absolute atomic E-state index is 12.2. The van der Waals surface area contributed by atoms with Crippen molar-refractivity contribution < 1.29 is 23.9 Å². The van der Waals surface area contributed by atoms with Gasteiger partial charge in [-0.25, -0.2) is 9.59 Å². The van der Waals surface area contributed by atoms with Crippen molar-refractivity contribution in [3.63, 3.8) is 0 Å². The van der Waals surface area contributed by atoms with E-state index in [4.69, 9.17) is 9.47 Å². The minimum absolute atomic E-state index is 0.0998. The molecule has 25 heavy (non-hydrogen) atoms. The van der Waals surface area contributed by atoms with Crippen molar-refractivity contribution in [2.24, 2.45) is 0 Å². The quantitative estimate of drug-likeness (QED) is 0.657. The molecule has 0 aromatic heterocycles. The van der Waals surface area contributed by atoms with E-state index in [1.54, 1.807) is 0 Å². The molecule has 0 aliphatic rings. The first-order valence-electron chi connectivity index (χ1n) is 8.63. The van der Waals surface area contributed by atoms with Gasteiger partial charge in [-0.05, 0) is 18.4 Å². The normalized spacial score (nSPS) is 12.8. The molecule has 1 N–H and O–H groups in total. The Morgan fingerprint density at radius 2 is 1.76 bits per heavy atom. The number of carbonyl (C=O) groups is 3. The van der Waals surface area contributed by atoms with Crippen LogP contribution in [0.1, 0.15) is 45.1 Å². The second-order valence-electron chi connectivity index (χ2n) is 5.81. The van der Waals surface area contributed by atoms with Crippen LogP contribution in [-0.2, 0) is 25.5 Å². The molecule has 0 saturated carbocycles. The summed E-state index contributed by atoms with van der Waals surface area (Å²) in [5, 5.41) is 2.51. The van der Waals surface area contributed by atoms with Crippen molar-refractivity contribution in [3.8, 4) is 0 Å². The first kappa shape index (κ1) is 20.7. The molecule has 2 atom stereocenters. The van der Waals surface area contributed by atoms with Gasteiger partial charge in [0.25, 0.3) is 0 Å². The Bertz CT molecular complexity index is 558. The number of rotatable bonds is 10. The highest BCUT2D eigenvalue weighted by Gasteiger charge is 2.26. The van der Waals surface area contributed by atoms with E-state index < -0.39 is 24.2 Å². The smallest absolute Gasteiger partial charge is 0.408 e. The van der Waals surface area contributed by atoms with E-state index in [0.717, 1.165) is 12.0 Å². The number of benzene rings is 1. The molecule has 1 rings (SSSR count). The molecule has 0 saturated heterocycles. The minimum Gasteiger partial charge on any atom is -0.467 e. The molecule has 0 heterocycles. The zero-order valence-electron chi connectivity index (χ0n) is 15.1. The van der Waals surface area contributed by atoms with Crippen LogP contribution < -0.4 is 5.32 Å². The fourth-order valence-electron chi connectivity index (χ4n) is 2.45. The van der Waals surface area contributed by atoms with Gasteiger partial charge >= 0.3 is 12.1 Å². The van der Waals surface area contributed by atoms with Gasteiger partial charge in [0.1, 0.15) is 6.04 Å². The van der Waals surface area contributed by atoms with Crippen LogP contribution in [0.4, 0.5) is 4.79 Å². The number of carbonyl (C=O) groups excluding carboxylic acids is 3. The Balaban J connectivity index is 2.72. The number of alkyl carbamates (subject to hydrolysis) is 1. The maximum Gasteiger partial charge on any atom is 0.408 e. The lowest BCUT2D eigenvalue weighted by Crippen LogP contribution is -2.45. The fourth-order valence-corrected chi connectivity index (χ4v) is 2.45. The van der Waals surface area contributed by atoms with Crippen LogP contribution in [0.15, 0.2) is 30.3 Å². The van der Waals surface area contributed by atoms with E-state index in [0.29, 0.717) is 19.3 Å². The number of amides is 1. The van der Waals surface area contributed by atoms with E-state index in [2.05, 4.69) is 5.32 Å². The van der Waals surface area contributed by atoms with Gasteiger partial charge in [-0.1, -0.05) is 50.6 Å². The van der Waals surface area contributed by atoms with Crippen LogP contribution in [0.3, 0.4) is 0 Å². The molecule has 0 aliphatic carbocycles. The van der Waals surface area contributed by atoms with Crippen LogP contribution in [0, 0.1) is 0 Å². The Hall–Kier alpha value is -2.37.